The maximum atomic E-state index is 10.4. The highest BCUT2D eigenvalue weighted by molar-refractivity contribution is 5.66. The molecule has 4 nitrogen and oxygen atoms in total. The second kappa shape index (κ2) is 17.5. The second-order valence-corrected chi connectivity index (χ2v) is 8.31. The van der Waals surface area contributed by atoms with Gasteiger partial charge in [-0.1, -0.05) is 81.7 Å². The van der Waals surface area contributed by atoms with Gasteiger partial charge in [0.25, 0.3) is 0 Å². The van der Waals surface area contributed by atoms with E-state index in [0.29, 0.717) is 13.0 Å². The largest absolute Gasteiger partial charge is 0.481 e. The second-order valence-electron chi connectivity index (χ2n) is 8.31. The number of unbranched alkanes of at least 4 members (excludes halogenated alkanes) is 8. The van der Waals surface area contributed by atoms with E-state index in [-0.39, 0.29) is 12.2 Å². The number of carboxylic acids is 1. The van der Waals surface area contributed by atoms with Gasteiger partial charge < -0.3 is 14.9 Å². The average Bonchev–Trinajstić information content (AvgIpc) is 2.71. The van der Waals surface area contributed by atoms with Gasteiger partial charge in [0, 0.05) is 6.42 Å². The zero-order valence-corrected chi connectivity index (χ0v) is 18.4. The smallest absolute Gasteiger partial charge is 0.303 e. The SMILES string of the molecule is CC(CCCC(O)CCCCCCCCCCCC(=O)O)OCc1ccccc1. The molecule has 0 fully saturated rings. The van der Waals surface area contributed by atoms with Crippen LogP contribution in [0.1, 0.15) is 102 Å². The average molecular weight is 407 g/mol. The Morgan fingerprint density at radius 2 is 1.38 bits per heavy atom. The maximum Gasteiger partial charge on any atom is 0.303 e. The summed E-state index contributed by atoms with van der Waals surface area (Å²) in [4.78, 5) is 10.4. The number of rotatable bonds is 19. The van der Waals surface area contributed by atoms with Crippen molar-refractivity contribution < 1.29 is 19.7 Å². The number of aliphatic hydroxyl groups excluding tert-OH is 1. The Bertz CT molecular complexity index is 503. The number of aliphatic hydroxyl groups is 1. The van der Waals surface area contributed by atoms with Crippen LogP contribution in [0.25, 0.3) is 0 Å². The normalized spacial score (nSPS) is 13.3. The lowest BCUT2D eigenvalue weighted by Crippen LogP contribution is -2.11. The van der Waals surface area contributed by atoms with E-state index < -0.39 is 5.97 Å². The highest BCUT2D eigenvalue weighted by atomic mass is 16.5. The molecular formula is C25H42O4. The van der Waals surface area contributed by atoms with Crippen molar-refractivity contribution in [2.24, 2.45) is 0 Å². The predicted octanol–water partition coefficient (Wildman–Crippen LogP) is 6.50. The van der Waals surface area contributed by atoms with Crippen molar-refractivity contribution in [1.29, 1.82) is 0 Å². The first-order chi connectivity index (χ1) is 14.1. The number of ether oxygens (including phenoxy) is 1. The summed E-state index contributed by atoms with van der Waals surface area (Å²) in [6.07, 6.45) is 14.4. The summed E-state index contributed by atoms with van der Waals surface area (Å²) >= 11 is 0. The Balaban J connectivity index is 1.85. The van der Waals surface area contributed by atoms with Crippen LogP contribution in [0, 0.1) is 0 Å². The van der Waals surface area contributed by atoms with Gasteiger partial charge in [0.05, 0.1) is 18.8 Å². The number of hydrogen-bond donors (Lipinski definition) is 2. The molecule has 1 aromatic carbocycles. The van der Waals surface area contributed by atoms with Crippen molar-refractivity contribution >= 4 is 5.97 Å². The van der Waals surface area contributed by atoms with Gasteiger partial charge in [-0.3, -0.25) is 4.79 Å². The van der Waals surface area contributed by atoms with Gasteiger partial charge in [-0.2, -0.15) is 0 Å². The van der Waals surface area contributed by atoms with Gasteiger partial charge >= 0.3 is 5.97 Å². The molecule has 166 valence electrons. The lowest BCUT2D eigenvalue weighted by atomic mass is 10.0. The summed E-state index contributed by atoms with van der Waals surface area (Å²) in [6.45, 7) is 2.77. The van der Waals surface area contributed by atoms with E-state index in [1.54, 1.807) is 0 Å². The van der Waals surface area contributed by atoms with Gasteiger partial charge in [-0.05, 0) is 44.6 Å². The summed E-state index contributed by atoms with van der Waals surface area (Å²) < 4.78 is 5.88. The molecule has 0 amide bonds. The lowest BCUT2D eigenvalue weighted by molar-refractivity contribution is -0.137. The molecule has 0 aliphatic heterocycles. The molecule has 2 atom stereocenters. The lowest BCUT2D eigenvalue weighted by Gasteiger charge is -2.15. The van der Waals surface area contributed by atoms with Gasteiger partial charge in [0.1, 0.15) is 0 Å². The van der Waals surface area contributed by atoms with Crippen molar-refractivity contribution in [1.82, 2.24) is 0 Å². The number of benzene rings is 1. The van der Waals surface area contributed by atoms with Crippen molar-refractivity contribution in [2.75, 3.05) is 0 Å². The molecule has 4 heteroatoms. The third-order valence-corrected chi connectivity index (χ3v) is 5.45. The van der Waals surface area contributed by atoms with E-state index in [0.717, 1.165) is 51.4 Å². The molecule has 1 rings (SSSR count). The van der Waals surface area contributed by atoms with E-state index in [4.69, 9.17) is 9.84 Å². The zero-order chi connectivity index (χ0) is 21.2. The maximum absolute atomic E-state index is 10.4. The fraction of sp³-hybridized carbons (Fsp3) is 0.720. The predicted molar refractivity (Wildman–Crippen MR) is 119 cm³/mol. The van der Waals surface area contributed by atoms with Crippen LogP contribution in [0.4, 0.5) is 0 Å². The molecular weight excluding hydrogens is 364 g/mol. The standard InChI is InChI=1S/C25H42O4/c1-22(29-21-23-16-10-9-11-17-23)15-14-19-24(26)18-12-7-5-3-2-4-6-8-13-20-25(27)28/h9-11,16-17,22,24,26H,2-8,12-15,18-21H2,1H3,(H,27,28). The molecule has 0 spiro atoms. The zero-order valence-electron chi connectivity index (χ0n) is 18.4. The Morgan fingerprint density at radius 1 is 0.828 bits per heavy atom. The van der Waals surface area contributed by atoms with Crippen molar-refractivity contribution in [2.45, 2.75) is 116 Å². The molecule has 0 radical (unpaired) electrons. The minimum atomic E-state index is -0.682. The van der Waals surface area contributed by atoms with Crippen LogP contribution in [0.5, 0.6) is 0 Å². The van der Waals surface area contributed by atoms with Crippen LogP contribution in [-0.2, 0) is 16.1 Å². The highest BCUT2D eigenvalue weighted by Crippen LogP contribution is 2.15. The first-order valence-corrected chi connectivity index (χ1v) is 11.6. The summed E-state index contributed by atoms with van der Waals surface area (Å²) in [7, 11) is 0. The molecule has 0 saturated carbocycles. The molecule has 0 aromatic heterocycles. The molecule has 0 bridgehead atoms. The van der Waals surface area contributed by atoms with Crippen LogP contribution in [0.2, 0.25) is 0 Å². The highest BCUT2D eigenvalue weighted by Gasteiger charge is 2.07. The van der Waals surface area contributed by atoms with Crippen LogP contribution in [0.15, 0.2) is 30.3 Å². The minimum Gasteiger partial charge on any atom is -0.481 e. The minimum absolute atomic E-state index is 0.175. The molecule has 2 unspecified atom stereocenters. The topological polar surface area (TPSA) is 66.8 Å². The van der Waals surface area contributed by atoms with Gasteiger partial charge in [0.2, 0.25) is 0 Å². The van der Waals surface area contributed by atoms with Crippen LogP contribution >= 0.6 is 0 Å². The first-order valence-electron chi connectivity index (χ1n) is 11.6. The van der Waals surface area contributed by atoms with Gasteiger partial charge in [0.15, 0.2) is 0 Å². The molecule has 1 aromatic rings. The van der Waals surface area contributed by atoms with E-state index >= 15 is 0 Å². The van der Waals surface area contributed by atoms with Crippen molar-refractivity contribution in [3.63, 3.8) is 0 Å². The Hall–Kier alpha value is -1.39. The first kappa shape index (κ1) is 25.6. The summed E-state index contributed by atoms with van der Waals surface area (Å²) in [6, 6.07) is 10.2. The summed E-state index contributed by atoms with van der Waals surface area (Å²) in [5.41, 5.74) is 1.21. The third kappa shape index (κ3) is 16.1. The molecule has 0 heterocycles. The van der Waals surface area contributed by atoms with E-state index in [9.17, 15) is 9.90 Å². The van der Waals surface area contributed by atoms with Crippen molar-refractivity contribution in [3.8, 4) is 0 Å². The Kier molecular flexibility index (Phi) is 15.4. The third-order valence-electron chi connectivity index (χ3n) is 5.45. The number of carbonyl (C=O) groups is 1. The van der Waals surface area contributed by atoms with E-state index in [1.807, 2.05) is 18.2 Å². The van der Waals surface area contributed by atoms with Gasteiger partial charge in [-0.25, -0.2) is 0 Å². The molecule has 29 heavy (non-hydrogen) atoms. The fourth-order valence-corrected chi connectivity index (χ4v) is 3.57. The Labute approximate surface area is 177 Å². The molecule has 0 aliphatic carbocycles. The van der Waals surface area contributed by atoms with Crippen LogP contribution in [0.3, 0.4) is 0 Å². The van der Waals surface area contributed by atoms with Crippen LogP contribution in [-0.4, -0.2) is 28.4 Å². The fourth-order valence-electron chi connectivity index (χ4n) is 3.57. The molecule has 0 aliphatic rings. The molecule has 2 N–H and O–H groups in total. The number of hydrogen-bond acceptors (Lipinski definition) is 3. The van der Waals surface area contributed by atoms with E-state index in [2.05, 4.69) is 19.1 Å². The summed E-state index contributed by atoms with van der Waals surface area (Å²) in [5, 5.41) is 18.7. The monoisotopic (exact) mass is 406 g/mol. The summed E-state index contributed by atoms with van der Waals surface area (Å²) in [5.74, 6) is -0.682. The van der Waals surface area contributed by atoms with E-state index in [1.165, 1.54) is 37.7 Å². The molecule has 0 saturated heterocycles. The number of carboxylic acid groups (broad SMARTS) is 1. The van der Waals surface area contributed by atoms with Crippen LogP contribution < -0.4 is 0 Å². The quantitative estimate of drug-likeness (QED) is 0.257. The Morgan fingerprint density at radius 3 is 2.00 bits per heavy atom. The van der Waals surface area contributed by atoms with Crippen molar-refractivity contribution in [3.05, 3.63) is 35.9 Å². The van der Waals surface area contributed by atoms with Gasteiger partial charge in [-0.15, -0.1) is 0 Å². The number of aliphatic carboxylic acids is 1.